The largest absolute Gasteiger partial charge is 0.455 e. The molecule has 28 heavy (non-hydrogen) atoms. The van der Waals surface area contributed by atoms with Gasteiger partial charge in [0.2, 0.25) is 0 Å². The van der Waals surface area contributed by atoms with Crippen LogP contribution in [-0.4, -0.2) is 0 Å². The van der Waals surface area contributed by atoms with Gasteiger partial charge in [-0.05, 0) is 68.3 Å². The second-order valence-corrected chi connectivity index (χ2v) is 9.29. The summed E-state index contributed by atoms with van der Waals surface area (Å²) in [5, 5.41) is 7.27. The fourth-order valence-corrected chi connectivity index (χ4v) is 5.46. The van der Waals surface area contributed by atoms with Gasteiger partial charge >= 0.3 is 0 Å². The Hall–Kier alpha value is -1.72. The van der Waals surface area contributed by atoms with Crippen LogP contribution in [0.5, 0.6) is 0 Å². The van der Waals surface area contributed by atoms with Crippen molar-refractivity contribution in [1.82, 2.24) is 0 Å². The quantitative estimate of drug-likeness (QED) is 0.194. The van der Waals surface area contributed by atoms with Gasteiger partial charge in [0.1, 0.15) is 22.3 Å². The molecule has 6 aromatic rings. The van der Waals surface area contributed by atoms with Gasteiger partial charge in [0.15, 0.2) is 0 Å². The van der Waals surface area contributed by atoms with Crippen LogP contribution in [0.4, 0.5) is 0 Å². The second-order valence-electron chi connectivity index (χ2n) is 6.71. The first-order valence-corrected chi connectivity index (χ1v) is 10.8. The van der Waals surface area contributed by atoms with Crippen molar-refractivity contribution in [1.29, 1.82) is 0 Å². The zero-order valence-corrected chi connectivity index (χ0v) is 18.6. The summed E-state index contributed by atoms with van der Waals surface area (Å²) < 4.78 is 14.3. The topological polar surface area (TPSA) is 26.3 Å². The molecule has 0 amide bonds. The van der Waals surface area contributed by atoms with Crippen LogP contribution in [-0.2, 0) is 0 Å². The maximum Gasteiger partial charge on any atom is 0.144 e. The Morgan fingerprint density at radius 3 is 1.43 bits per heavy atom. The number of rotatable bonds is 0. The molecule has 0 aliphatic heterocycles. The highest BCUT2D eigenvalue weighted by Crippen LogP contribution is 2.46. The first-order valence-electron chi connectivity index (χ1n) is 8.45. The Labute approximate surface area is 185 Å². The average Bonchev–Trinajstić information content (AvgIpc) is 3.18. The Morgan fingerprint density at radius 2 is 1.00 bits per heavy atom. The highest BCUT2D eigenvalue weighted by atomic mass is 79.9. The summed E-state index contributed by atoms with van der Waals surface area (Å²) in [4.78, 5) is 0. The third-order valence-corrected chi connectivity index (χ3v) is 6.83. The summed E-state index contributed by atoms with van der Waals surface area (Å²) in [7, 11) is 0. The standard InChI is InChI=1S/C22H8Br2Cl2O2/c23-15-7-13-11-3-1-9(25)5-17(11)27-21(13)19-16(24)8-14-12-4-2-10(26)6-18(12)28-22(14)20(15)19/h1-8H. The molecule has 2 nitrogen and oxygen atoms in total. The lowest BCUT2D eigenvalue weighted by molar-refractivity contribution is 0.669. The molecule has 0 aliphatic rings. The molecule has 6 rings (SSSR count). The van der Waals surface area contributed by atoms with E-state index in [2.05, 4.69) is 44.0 Å². The lowest BCUT2D eigenvalue weighted by Gasteiger charge is -2.06. The highest BCUT2D eigenvalue weighted by Gasteiger charge is 2.20. The van der Waals surface area contributed by atoms with Gasteiger partial charge in [-0.1, -0.05) is 23.2 Å². The lowest BCUT2D eigenvalue weighted by Crippen LogP contribution is -1.81. The summed E-state index contributed by atoms with van der Waals surface area (Å²) in [6.45, 7) is 0. The SMILES string of the molecule is Clc1ccc2c(c1)oc1c2cc(Br)c2c3oc4cc(Cl)ccc4c3cc(Br)c12. The van der Waals surface area contributed by atoms with Crippen molar-refractivity contribution in [3.8, 4) is 0 Å². The molecular formula is C22H8Br2Cl2O2. The van der Waals surface area contributed by atoms with Crippen molar-refractivity contribution in [3.05, 3.63) is 67.5 Å². The van der Waals surface area contributed by atoms with E-state index < -0.39 is 0 Å². The van der Waals surface area contributed by atoms with Crippen LogP contribution in [0.25, 0.3) is 54.6 Å². The minimum atomic E-state index is 0.644. The molecular weight excluding hydrogens is 527 g/mol. The van der Waals surface area contributed by atoms with Crippen LogP contribution in [0, 0.1) is 0 Å². The van der Waals surface area contributed by atoms with Gasteiger partial charge in [-0.3, -0.25) is 0 Å². The maximum atomic E-state index is 6.23. The molecule has 0 radical (unpaired) electrons. The highest BCUT2D eigenvalue weighted by molar-refractivity contribution is 9.11. The monoisotopic (exact) mass is 532 g/mol. The maximum absolute atomic E-state index is 6.23. The van der Waals surface area contributed by atoms with Crippen molar-refractivity contribution in [2.75, 3.05) is 0 Å². The molecule has 0 saturated heterocycles. The van der Waals surface area contributed by atoms with Gasteiger partial charge in [0, 0.05) is 63.4 Å². The summed E-state index contributed by atoms with van der Waals surface area (Å²) in [5.74, 6) is 0. The minimum Gasteiger partial charge on any atom is -0.455 e. The number of furan rings is 2. The van der Waals surface area contributed by atoms with Crippen molar-refractivity contribution in [2.45, 2.75) is 0 Å². The number of halogens is 4. The van der Waals surface area contributed by atoms with Crippen molar-refractivity contribution < 1.29 is 8.83 Å². The van der Waals surface area contributed by atoms with E-state index in [-0.39, 0.29) is 0 Å². The molecule has 0 unspecified atom stereocenters. The van der Waals surface area contributed by atoms with Crippen LogP contribution < -0.4 is 0 Å². The number of hydrogen-bond donors (Lipinski definition) is 0. The minimum absolute atomic E-state index is 0.644. The summed E-state index contributed by atoms with van der Waals surface area (Å²) in [6, 6.07) is 15.5. The molecule has 0 saturated carbocycles. The molecule has 4 aromatic carbocycles. The van der Waals surface area contributed by atoms with Crippen LogP contribution in [0.1, 0.15) is 0 Å². The molecule has 0 spiro atoms. The van der Waals surface area contributed by atoms with E-state index >= 15 is 0 Å². The normalized spacial score (nSPS) is 12.3. The first-order chi connectivity index (χ1) is 13.5. The van der Waals surface area contributed by atoms with E-state index in [0.717, 1.165) is 63.6 Å². The van der Waals surface area contributed by atoms with E-state index in [9.17, 15) is 0 Å². The van der Waals surface area contributed by atoms with E-state index in [1.807, 2.05) is 36.4 Å². The van der Waals surface area contributed by atoms with E-state index in [0.29, 0.717) is 10.0 Å². The number of benzene rings is 4. The summed E-state index contributed by atoms with van der Waals surface area (Å²) in [6.07, 6.45) is 0. The third kappa shape index (κ3) is 2.26. The van der Waals surface area contributed by atoms with Gasteiger partial charge in [-0.15, -0.1) is 0 Å². The molecule has 0 atom stereocenters. The van der Waals surface area contributed by atoms with Crippen molar-refractivity contribution in [3.63, 3.8) is 0 Å². The zero-order chi connectivity index (χ0) is 19.2. The van der Waals surface area contributed by atoms with Crippen LogP contribution in [0.15, 0.2) is 66.3 Å². The average molecular weight is 535 g/mol. The predicted molar refractivity (Wildman–Crippen MR) is 124 cm³/mol. The van der Waals surface area contributed by atoms with E-state index in [4.69, 9.17) is 32.0 Å². The van der Waals surface area contributed by atoms with Gasteiger partial charge in [0.05, 0.1) is 0 Å². The summed E-state index contributed by atoms with van der Waals surface area (Å²) in [5.41, 5.74) is 3.10. The Balaban J connectivity index is 1.89. The summed E-state index contributed by atoms with van der Waals surface area (Å²) >= 11 is 19.8. The molecule has 136 valence electrons. The van der Waals surface area contributed by atoms with E-state index in [1.165, 1.54) is 0 Å². The Morgan fingerprint density at radius 1 is 0.571 bits per heavy atom. The fraction of sp³-hybridized carbons (Fsp3) is 0. The first kappa shape index (κ1) is 17.2. The smallest absolute Gasteiger partial charge is 0.144 e. The molecule has 2 heterocycles. The number of hydrogen-bond acceptors (Lipinski definition) is 2. The van der Waals surface area contributed by atoms with Crippen molar-refractivity contribution >= 4 is 110 Å². The molecule has 0 bridgehead atoms. The lowest BCUT2D eigenvalue weighted by atomic mass is 10.0. The van der Waals surface area contributed by atoms with Crippen LogP contribution >= 0.6 is 55.1 Å². The van der Waals surface area contributed by atoms with E-state index in [1.54, 1.807) is 0 Å². The Kier molecular flexibility index (Phi) is 3.61. The zero-order valence-electron chi connectivity index (χ0n) is 13.9. The third-order valence-electron chi connectivity index (χ3n) is 5.10. The number of fused-ring (bicyclic) bond motifs is 9. The second kappa shape index (κ2) is 5.90. The van der Waals surface area contributed by atoms with Gasteiger partial charge < -0.3 is 8.83 Å². The molecule has 6 heteroatoms. The molecule has 2 aromatic heterocycles. The van der Waals surface area contributed by atoms with Crippen LogP contribution in [0.2, 0.25) is 10.0 Å². The predicted octanol–water partition coefficient (Wildman–Crippen LogP) is 9.47. The molecule has 0 aliphatic carbocycles. The van der Waals surface area contributed by atoms with Crippen molar-refractivity contribution in [2.24, 2.45) is 0 Å². The van der Waals surface area contributed by atoms with Gasteiger partial charge in [-0.25, -0.2) is 0 Å². The molecule has 0 N–H and O–H groups in total. The molecule has 0 fully saturated rings. The van der Waals surface area contributed by atoms with Gasteiger partial charge in [0.25, 0.3) is 0 Å². The fourth-order valence-electron chi connectivity index (χ4n) is 3.92. The Bertz CT molecular complexity index is 1490. The van der Waals surface area contributed by atoms with Crippen LogP contribution in [0.3, 0.4) is 0 Å². The van der Waals surface area contributed by atoms with Gasteiger partial charge in [-0.2, -0.15) is 0 Å².